The molecule has 0 bridgehead atoms. The lowest BCUT2D eigenvalue weighted by atomic mass is 9.95. The van der Waals surface area contributed by atoms with E-state index in [4.69, 9.17) is 0 Å². The Bertz CT molecular complexity index is 609. The largest absolute Gasteiger partial charge is 0.324 e. The molecule has 1 saturated carbocycles. The van der Waals surface area contributed by atoms with Gasteiger partial charge in [-0.1, -0.05) is 28.1 Å². The molecule has 0 radical (unpaired) electrons. The van der Waals surface area contributed by atoms with Crippen molar-refractivity contribution in [3.05, 3.63) is 58.8 Å². The van der Waals surface area contributed by atoms with Crippen LogP contribution in [0.5, 0.6) is 0 Å². The molecule has 96 valence electrons. The van der Waals surface area contributed by atoms with E-state index in [-0.39, 0.29) is 11.3 Å². The zero-order chi connectivity index (χ0) is 13.3. The highest BCUT2D eigenvalue weighted by atomic mass is 79.9. The smallest absolute Gasteiger partial charge is 0.235 e. The molecule has 0 aliphatic heterocycles. The van der Waals surface area contributed by atoms with Crippen molar-refractivity contribution in [2.45, 2.75) is 18.3 Å². The number of carbonyl (C=O) groups is 1. The summed E-state index contributed by atoms with van der Waals surface area (Å²) < 4.78 is 1.01. The highest BCUT2D eigenvalue weighted by Crippen LogP contribution is 2.49. The van der Waals surface area contributed by atoms with Crippen LogP contribution >= 0.6 is 15.9 Å². The van der Waals surface area contributed by atoms with Gasteiger partial charge in [0.1, 0.15) is 0 Å². The first kappa shape index (κ1) is 12.4. The van der Waals surface area contributed by atoms with Gasteiger partial charge < -0.3 is 5.32 Å². The molecule has 1 aliphatic rings. The zero-order valence-corrected chi connectivity index (χ0v) is 11.9. The van der Waals surface area contributed by atoms with Crippen molar-refractivity contribution in [3.8, 4) is 0 Å². The summed E-state index contributed by atoms with van der Waals surface area (Å²) in [6, 6.07) is 11.6. The van der Waals surface area contributed by atoms with Gasteiger partial charge in [-0.25, -0.2) is 0 Å². The third kappa shape index (κ3) is 2.40. The Morgan fingerprint density at radius 3 is 2.74 bits per heavy atom. The molecular formula is C15H13BrN2O. The predicted octanol–water partition coefficient (Wildman–Crippen LogP) is 3.51. The highest BCUT2D eigenvalue weighted by molar-refractivity contribution is 9.10. The quantitative estimate of drug-likeness (QED) is 0.941. The van der Waals surface area contributed by atoms with E-state index in [1.54, 1.807) is 12.4 Å². The van der Waals surface area contributed by atoms with Gasteiger partial charge in [-0.05, 0) is 42.7 Å². The molecule has 1 N–H and O–H groups in total. The molecule has 4 heteroatoms. The number of nitrogens with zero attached hydrogens (tertiary/aromatic N) is 1. The van der Waals surface area contributed by atoms with E-state index in [9.17, 15) is 4.79 Å². The minimum Gasteiger partial charge on any atom is -0.324 e. The molecule has 1 fully saturated rings. The number of benzene rings is 1. The summed E-state index contributed by atoms with van der Waals surface area (Å²) in [5.74, 6) is 0.0543. The van der Waals surface area contributed by atoms with Crippen LogP contribution in [0.4, 0.5) is 5.69 Å². The molecule has 3 rings (SSSR count). The molecule has 3 nitrogen and oxygen atoms in total. The van der Waals surface area contributed by atoms with Crippen molar-refractivity contribution in [3.63, 3.8) is 0 Å². The minimum atomic E-state index is -0.361. The lowest BCUT2D eigenvalue weighted by molar-refractivity contribution is -0.118. The highest BCUT2D eigenvalue weighted by Gasteiger charge is 2.51. The molecular weight excluding hydrogens is 304 g/mol. The molecule has 0 atom stereocenters. The van der Waals surface area contributed by atoms with Gasteiger partial charge in [0.05, 0.1) is 17.3 Å². The van der Waals surface area contributed by atoms with Gasteiger partial charge in [-0.2, -0.15) is 0 Å². The van der Waals surface area contributed by atoms with Crippen LogP contribution in [0, 0.1) is 0 Å². The monoisotopic (exact) mass is 316 g/mol. The molecule has 1 aromatic carbocycles. The van der Waals surface area contributed by atoms with Gasteiger partial charge in [-0.3, -0.25) is 9.78 Å². The van der Waals surface area contributed by atoms with E-state index in [2.05, 4.69) is 26.2 Å². The number of rotatable bonds is 3. The summed E-state index contributed by atoms with van der Waals surface area (Å²) in [5, 5.41) is 2.95. The molecule has 1 heterocycles. The van der Waals surface area contributed by atoms with Crippen molar-refractivity contribution < 1.29 is 4.79 Å². The van der Waals surface area contributed by atoms with E-state index < -0.39 is 0 Å². The third-order valence-electron chi connectivity index (χ3n) is 3.48. The van der Waals surface area contributed by atoms with Crippen LogP contribution < -0.4 is 5.32 Å². The van der Waals surface area contributed by atoms with Gasteiger partial charge in [0, 0.05) is 10.7 Å². The normalized spacial score (nSPS) is 15.8. The minimum absolute atomic E-state index is 0.0543. The van der Waals surface area contributed by atoms with Gasteiger partial charge in [0.15, 0.2) is 0 Å². The number of nitrogens with one attached hydrogen (secondary N) is 1. The van der Waals surface area contributed by atoms with Gasteiger partial charge in [0.2, 0.25) is 5.91 Å². The Morgan fingerprint density at radius 1 is 1.26 bits per heavy atom. The second kappa shape index (κ2) is 4.78. The Balaban J connectivity index is 1.83. The molecule has 0 saturated heterocycles. The van der Waals surface area contributed by atoms with Crippen LogP contribution in [-0.4, -0.2) is 10.9 Å². The summed E-state index contributed by atoms with van der Waals surface area (Å²) in [6.45, 7) is 0. The Hall–Kier alpha value is -1.68. The summed E-state index contributed by atoms with van der Waals surface area (Å²) in [6.07, 6.45) is 5.15. The number of pyridine rings is 1. The number of carbonyl (C=O) groups excluding carboxylic acids is 1. The lowest BCUT2D eigenvalue weighted by Crippen LogP contribution is -2.27. The van der Waals surface area contributed by atoms with E-state index >= 15 is 0 Å². The van der Waals surface area contributed by atoms with E-state index in [0.717, 1.165) is 28.6 Å². The van der Waals surface area contributed by atoms with Crippen molar-refractivity contribution in [2.75, 3.05) is 5.32 Å². The maximum atomic E-state index is 12.5. The fraction of sp³-hybridized carbons (Fsp3) is 0.200. The molecule has 1 aliphatic carbocycles. The van der Waals surface area contributed by atoms with Crippen LogP contribution in [0.2, 0.25) is 0 Å². The molecule has 0 spiro atoms. The van der Waals surface area contributed by atoms with Crippen LogP contribution in [0.1, 0.15) is 18.4 Å². The first-order chi connectivity index (χ1) is 9.21. The second-order valence-electron chi connectivity index (χ2n) is 4.79. The van der Waals surface area contributed by atoms with E-state index in [1.807, 2.05) is 36.4 Å². The van der Waals surface area contributed by atoms with Crippen molar-refractivity contribution in [1.82, 2.24) is 4.98 Å². The number of hydrogen-bond acceptors (Lipinski definition) is 2. The second-order valence-corrected chi connectivity index (χ2v) is 5.70. The standard InChI is InChI=1S/C15H13BrN2O/c16-12-4-1-3-11(9-12)15(6-7-15)14(19)18-13-5-2-8-17-10-13/h1-5,8-10H,6-7H2,(H,18,19). The van der Waals surface area contributed by atoms with Gasteiger partial charge in [-0.15, -0.1) is 0 Å². The zero-order valence-electron chi connectivity index (χ0n) is 10.3. The maximum absolute atomic E-state index is 12.5. The van der Waals surface area contributed by atoms with Crippen molar-refractivity contribution in [2.24, 2.45) is 0 Å². The van der Waals surface area contributed by atoms with E-state index in [1.165, 1.54) is 0 Å². The summed E-state index contributed by atoms with van der Waals surface area (Å²) in [5.41, 5.74) is 1.46. The van der Waals surface area contributed by atoms with Crippen molar-refractivity contribution >= 4 is 27.5 Å². The number of halogens is 1. The number of anilines is 1. The number of amides is 1. The van der Waals surface area contributed by atoms with Crippen LogP contribution in [0.25, 0.3) is 0 Å². The first-order valence-electron chi connectivity index (χ1n) is 6.18. The Kier molecular flexibility index (Phi) is 3.11. The summed E-state index contributed by atoms with van der Waals surface area (Å²) in [4.78, 5) is 16.5. The average molecular weight is 317 g/mol. The fourth-order valence-corrected chi connectivity index (χ4v) is 2.64. The van der Waals surface area contributed by atoms with Gasteiger partial charge in [0.25, 0.3) is 0 Å². The Labute approximate surface area is 120 Å². The van der Waals surface area contributed by atoms with Crippen LogP contribution in [0.3, 0.4) is 0 Å². The molecule has 2 aromatic rings. The van der Waals surface area contributed by atoms with Crippen LogP contribution in [-0.2, 0) is 10.2 Å². The summed E-state index contributed by atoms with van der Waals surface area (Å²) >= 11 is 3.46. The molecule has 1 aromatic heterocycles. The van der Waals surface area contributed by atoms with E-state index in [0.29, 0.717) is 0 Å². The lowest BCUT2D eigenvalue weighted by Gasteiger charge is -2.16. The topological polar surface area (TPSA) is 42.0 Å². The van der Waals surface area contributed by atoms with Gasteiger partial charge >= 0.3 is 0 Å². The maximum Gasteiger partial charge on any atom is 0.235 e. The first-order valence-corrected chi connectivity index (χ1v) is 6.97. The Morgan fingerprint density at radius 2 is 2.11 bits per heavy atom. The molecule has 0 unspecified atom stereocenters. The molecule has 19 heavy (non-hydrogen) atoms. The number of hydrogen-bond donors (Lipinski definition) is 1. The third-order valence-corrected chi connectivity index (χ3v) is 3.97. The number of aromatic nitrogens is 1. The van der Waals surface area contributed by atoms with Crippen molar-refractivity contribution in [1.29, 1.82) is 0 Å². The molecule has 1 amide bonds. The predicted molar refractivity (Wildman–Crippen MR) is 77.9 cm³/mol. The SMILES string of the molecule is O=C(Nc1cccnc1)C1(c2cccc(Br)c2)CC1. The van der Waals surface area contributed by atoms with Crippen LogP contribution in [0.15, 0.2) is 53.3 Å². The fourth-order valence-electron chi connectivity index (χ4n) is 2.25. The summed E-state index contributed by atoms with van der Waals surface area (Å²) in [7, 11) is 0. The average Bonchev–Trinajstić information content (AvgIpc) is 3.21.